The molecule has 1 unspecified atom stereocenters. The van der Waals surface area contributed by atoms with E-state index in [1.807, 2.05) is 37.3 Å². The summed E-state index contributed by atoms with van der Waals surface area (Å²) in [7, 11) is 0. The van der Waals surface area contributed by atoms with Gasteiger partial charge in [-0.15, -0.1) is 0 Å². The number of rotatable bonds is 3. The maximum atomic E-state index is 12.9. The van der Waals surface area contributed by atoms with Crippen LogP contribution in [0.1, 0.15) is 28.9 Å². The Morgan fingerprint density at radius 1 is 1.15 bits per heavy atom. The maximum Gasteiger partial charge on any atom is 0.252 e. The van der Waals surface area contributed by atoms with E-state index in [2.05, 4.69) is 26.2 Å². The minimum absolute atomic E-state index is 0.305. The van der Waals surface area contributed by atoms with Crippen LogP contribution >= 0.6 is 15.9 Å². The fourth-order valence-corrected chi connectivity index (χ4v) is 3.82. The summed E-state index contributed by atoms with van der Waals surface area (Å²) in [5.74, 6) is 1.02. The summed E-state index contributed by atoms with van der Waals surface area (Å²) < 4.78 is 12.0. The van der Waals surface area contributed by atoms with Crippen LogP contribution in [0.25, 0.3) is 10.9 Å². The first-order valence-corrected chi connectivity index (χ1v) is 9.34. The molecule has 1 aliphatic rings. The SMILES string of the molecule is CC(NC(=O)c1cc(=O)[nH]c2ccccc12)c1cc2c(cc1Br)OCCO2. The molecule has 1 amide bonds. The van der Waals surface area contributed by atoms with Crippen molar-refractivity contribution in [3.05, 3.63) is 68.4 Å². The highest BCUT2D eigenvalue weighted by Crippen LogP contribution is 2.37. The van der Waals surface area contributed by atoms with Gasteiger partial charge in [-0.05, 0) is 30.7 Å². The summed E-state index contributed by atoms with van der Waals surface area (Å²) in [6.07, 6.45) is 0. The summed E-state index contributed by atoms with van der Waals surface area (Å²) >= 11 is 3.53. The fraction of sp³-hybridized carbons (Fsp3) is 0.200. The highest BCUT2D eigenvalue weighted by Gasteiger charge is 2.20. The third-order valence-electron chi connectivity index (χ3n) is 4.47. The lowest BCUT2D eigenvalue weighted by Crippen LogP contribution is -2.28. The average molecular weight is 429 g/mol. The van der Waals surface area contributed by atoms with Crippen molar-refractivity contribution in [2.24, 2.45) is 0 Å². The first-order valence-electron chi connectivity index (χ1n) is 8.55. The van der Waals surface area contributed by atoms with Crippen molar-refractivity contribution in [1.29, 1.82) is 0 Å². The number of carbonyl (C=O) groups is 1. The summed E-state index contributed by atoms with van der Waals surface area (Å²) in [6, 6.07) is 11.9. The molecule has 6 nitrogen and oxygen atoms in total. The highest BCUT2D eigenvalue weighted by molar-refractivity contribution is 9.10. The zero-order chi connectivity index (χ0) is 19.0. The topological polar surface area (TPSA) is 80.4 Å². The molecule has 0 bridgehead atoms. The van der Waals surface area contributed by atoms with Crippen LogP contribution in [0.3, 0.4) is 0 Å². The van der Waals surface area contributed by atoms with Crippen LogP contribution in [-0.2, 0) is 0 Å². The molecule has 0 spiro atoms. The standard InChI is InChI=1S/C20H17BrN2O4/c1-11(13-8-17-18(10-15(13)21)27-7-6-26-17)22-20(25)14-9-19(24)23-16-5-3-2-4-12(14)16/h2-5,8-11H,6-7H2,1H3,(H,22,25)(H,23,24). The van der Waals surface area contributed by atoms with E-state index in [9.17, 15) is 9.59 Å². The summed E-state index contributed by atoms with van der Waals surface area (Å²) in [5.41, 5.74) is 1.52. The van der Waals surface area contributed by atoms with Gasteiger partial charge in [0.2, 0.25) is 5.56 Å². The van der Waals surface area contributed by atoms with Gasteiger partial charge in [0.15, 0.2) is 11.5 Å². The highest BCUT2D eigenvalue weighted by atomic mass is 79.9. The monoisotopic (exact) mass is 428 g/mol. The average Bonchev–Trinajstić information content (AvgIpc) is 2.66. The van der Waals surface area contributed by atoms with Gasteiger partial charge >= 0.3 is 0 Å². The lowest BCUT2D eigenvalue weighted by molar-refractivity contribution is 0.0941. The molecule has 0 saturated carbocycles. The Morgan fingerprint density at radius 3 is 2.63 bits per heavy atom. The van der Waals surface area contributed by atoms with Crippen LogP contribution in [0.2, 0.25) is 0 Å². The Morgan fingerprint density at radius 2 is 1.85 bits per heavy atom. The van der Waals surface area contributed by atoms with Crippen molar-refractivity contribution >= 4 is 32.7 Å². The summed E-state index contributed by atoms with van der Waals surface area (Å²) in [5, 5.41) is 3.66. The van der Waals surface area contributed by atoms with Crippen molar-refractivity contribution in [1.82, 2.24) is 10.3 Å². The lowest BCUT2D eigenvalue weighted by atomic mass is 10.1. The van der Waals surface area contributed by atoms with Crippen LogP contribution < -0.4 is 20.3 Å². The van der Waals surface area contributed by atoms with Crippen molar-refractivity contribution in [3.8, 4) is 11.5 Å². The van der Waals surface area contributed by atoms with Crippen LogP contribution in [0, 0.1) is 0 Å². The second-order valence-electron chi connectivity index (χ2n) is 6.31. The quantitative estimate of drug-likeness (QED) is 0.668. The lowest BCUT2D eigenvalue weighted by Gasteiger charge is -2.22. The zero-order valence-electron chi connectivity index (χ0n) is 14.5. The summed E-state index contributed by atoms with van der Waals surface area (Å²) in [6.45, 7) is 2.89. The molecule has 27 heavy (non-hydrogen) atoms. The molecule has 1 aliphatic heterocycles. The third-order valence-corrected chi connectivity index (χ3v) is 5.16. The van der Waals surface area contributed by atoms with E-state index in [0.29, 0.717) is 41.2 Å². The van der Waals surface area contributed by atoms with Gasteiger partial charge in [0.25, 0.3) is 5.91 Å². The number of hydrogen-bond donors (Lipinski definition) is 2. The molecule has 2 aromatic carbocycles. The van der Waals surface area contributed by atoms with Crippen molar-refractivity contribution in [3.63, 3.8) is 0 Å². The van der Waals surface area contributed by atoms with Gasteiger partial charge in [0.05, 0.1) is 11.6 Å². The molecule has 0 fully saturated rings. The van der Waals surface area contributed by atoms with Gasteiger partial charge in [-0.1, -0.05) is 34.1 Å². The number of pyridine rings is 1. The Hall–Kier alpha value is -2.80. The van der Waals surface area contributed by atoms with Crippen molar-refractivity contribution in [2.75, 3.05) is 13.2 Å². The molecule has 2 N–H and O–H groups in total. The smallest absolute Gasteiger partial charge is 0.252 e. The first kappa shape index (κ1) is 17.6. The van der Waals surface area contributed by atoms with Gasteiger partial charge in [0, 0.05) is 21.4 Å². The molecule has 2 heterocycles. The van der Waals surface area contributed by atoms with Crippen molar-refractivity contribution in [2.45, 2.75) is 13.0 Å². The predicted octanol–water partition coefficient (Wildman–Crippen LogP) is 3.55. The molecule has 0 saturated heterocycles. The Kier molecular flexibility index (Phi) is 4.61. The number of aromatic nitrogens is 1. The van der Waals surface area contributed by atoms with Crippen LogP contribution in [0.15, 0.2) is 51.7 Å². The number of carbonyl (C=O) groups excluding carboxylic acids is 1. The van der Waals surface area contributed by atoms with E-state index in [-0.39, 0.29) is 17.5 Å². The zero-order valence-corrected chi connectivity index (χ0v) is 16.1. The van der Waals surface area contributed by atoms with Gasteiger partial charge in [-0.2, -0.15) is 0 Å². The molecule has 1 aromatic heterocycles. The third kappa shape index (κ3) is 3.42. The van der Waals surface area contributed by atoms with E-state index in [1.165, 1.54) is 6.07 Å². The van der Waals surface area contributed by atoms with E-state index < -0.39 is 0 Å². The van der Waals surface area contributed by atoms with Gasteiger partial charge in [-0.25, -0.2) is 0 Å². The molecule has 3 aromatic rings. The molecule has 7 heteroatoms. The molecule has 1 atom stereocenters. The Bertz CT molecular complexity index is 1090. The number of hydrogen-bond acceptors (Lipinski definition) is 4. The van der Waals surface area contributed by atoms with E-state index in [0.717, 1.165) is 10.0 Å². The Balaban J connectivity index is 1.65. The molecule has 4 rings (SSSR count). The van der Waals surface area contributed by atoms with Gasteiger partial charge in [-0.3, -0.25) is 9.59 Å². The number of halogens is 1. The summed E-state index contributed by atoms with van der Waals surface area (Å²) in [4.78, 5) is 27.5. The largest absolute Gasteiger partial charge is 0.486 e. The molecule has 0 aliphatic carbocycles. The number of nitrogens with one attached hydrogen (secondary N) is 2. The van der Waals surface area contributed by atoms with E-state index in [1.54, 1.807) is 6.07 Å². The van der Waals surface area contributed by atoms with E-state index >= 15 is 0 Å². The Labute approximate surface area is 163 Å². The number of H-pyrrole nitrogens is 1. The molecule has 138 valence electrons. The predicted molar refractivity (Wildman–Crippen MR) is 106 cm³/mol. The van der Waals surface area contributed by atoms with Crippen LogP contribution in [0.4, 0.5) is 0 Å². The number of amides is 1. The molecule has 0 radical (unpaired) electrons. The minimum atomic E-state index is -0.313. The van der Waals surface area contributed by atoms with Crippen LogP contribution in [0.5, 0.6) is 11.5 Å². The molecular formula is C20H17BrN2O4. The van der Waals surface area contributed by atoms with Gasteiger partial charge < -0.3 is 19.8 Å². The second-order valence-corrected chi connectivity index (χ2v) is 7.16. The number of fused-ring (bicyclic) bond motifs is 2. The first-order chi connectivity index (χ1) is 13.0. The molecular weight excluding hydrogens is 412 g/mol. The second kappa shape index (κ2) is 7.08. The normalized spacial score (nSPS) is 14.0. The fourth-order valence-electron chi connectivity index (χ4n) is 3.16. The van der Waals surface area contributed by atoms with E-state index in [4.69, 9.17) is 9.47 Å². The van der Waals surface area contributed by atoms with Crippen LogP contribution in [-0.4, -0.2) is 24.1 Å². The number of benzene rings is 2. The maximum absolute atomic E-state index is 12.9. The number of aromatic amines is 1. The van der Waals surface area contributed by atoms with Crippen molar-refractivity contribution < 1.29 is 14.3 Å². The number of ether oxygens (including phenoxy) is 2. The number of para-hydroxylation sites is 1. The minimum Gasteiger partial charge on any atom is -0.486 e. The van der Waals surface area contributed by atoms with Gasteiger partial charge in [0.1, 0.15) is 13.2 Å².